The average Bonchev–Trinajstić information content (AvgIpc) is 2.31. The molecule has 0 aromatic heterocycles. The van der Waals surface area contributed by atoms with Crippen molar-refractivity contribution in [2.24, 2.45) is 0 Å². The van der Waals surface area contributed by atoms with Crippen LogP contribution in [0, 0.1) is 0 Å². The van der Waals surface area contributed by atoms with E-state index in [4.69, 9.17) is 0 Å². The summed E-state index contributed by atoms with van der Waals surface area (Å²) in [5.41, 5.74) is 3.63. The first kappa shape index (κ1) is 9.84. The van der Waals surface area contributed by atoms with Crippen LogP contribution in [0.25, 0.3) is 0 Å². The fourth-order valence-corrected chi connectivity index (χ4v) is 1.51. The average molecular weight is 195 g/mol. The lowest BCUT2D eigenvalue weighted by molar-refractivity contribution is 1.56. The molecule has 74 valence electrons. The van der Waals surface area contributed by atoms with Crippen LogP contribution in [-0.4, -0.2) is 7.28 Å². The third-order valence-electron chi connectivity index (χ3n) is 2.42. The summed E-state index contributed by atoms with van der Waals surface area (Å²) in [5.74, 6) is 0. The van der Waals surface area contributed by atoms with Crippen LogP contribution in [0.4, 0.5) is 11.4 Å². The third kappa shape index (κ3) is 2.63. The highest BCUT2D eigenvalue weighted by atomic mass is 14.9. The number of benzene rings is 2. The van der Waals surface area contributed by atoms with E-state index in [1.54, 1.807) is 0 Å². The second-order valence-corrected chi connectivity index (χ2v) is 3.54. The Kier molecular flexibility index (Phi) is 3.08. The maximum atomic E-state index is 3.36. The van der Waals surface area contributed by atoms with Crippen molar-refractivity contribution in [1.82, 2.24) is 0 Å². The van der Waals surface area contributed by atoms with E-state index >= 15 is 0 Å². The van der Waals surface area contributed by atoms with Crippen LogP contribution in [0.2, 0.25) is 6.82 Å². The summed E-state index contributed by atoms with van der Waals surface area (Å²) in [6.07, 6.45) is 0. The van der Waals surface area contributed by atoms with Gasteiger partial charge in [0.15, 0.2) is 7.28 Å². The minimum Gasteiger partial charge on any atom is -0.356 e. The fourth-order valence-electron chi connectivity index (χ4n) is 1.51. The quantitative estimate of drug-likeness (QED) is 0.742. The van der Waals surface area contributed by atoms with Gasteiger partial charge < -0.3 is 5.32 Å². The van der Waals surface area contributed by atoms with E-state index in [-0.39, 0.29) is 0 Å². The Balaban J connectivity index is 2.11. The maximum Gasteiger partial charge on any atom is 0.154 e. The molecule has 0 saturated heterocycles. The summed E-state index contributed by atoms with van der Waals surface area (Å²) < 4.78 is 0. The van der Waals surface area contributed by atoms with Crippen LogP contribution in [0.3, 0.4) is 0 Å². The molecule has 0 aliphatic carbocycles. The molecule has 2 aromatic rings. The minimum atomic E-state index is 1.09. The lowest BCUT2D eigenvalue weighted by Gasteiger charge is -2.06. The van der Waals surface area contributed by atoms with Crippen LogP contribution in [0.1, 0.15) is 0 Å². The molecule has 0 bridgehead atoms. The standard InChI is InChI=1S/C13H14BN/c1-14-11-7-9-13(10-8-11)15-12-5-3-2-4-6-12/h2-10,14-15H,1H3. The van der Waals surface area contributed by atoms with Crippen molar-refractivity contribution in [1.29, 1.82) is 0 Å². The van der Waals surface area contributed by atoms with E-state index in [1.165, 1.54) is 5.46 Å². The molecule has 15 heavy (non-hydrogen) atoms. The van der Waals surface area contributed by atoms with E-state index in [1.807, 2.05) is 18.2 Å². The molecule has 0 amide bonds. The number of hydrogen-bond donors (Lipinski definition) is 1. The summed E-state index contributed by atoms with van der Waals surface area (Å²) in [4.78, 5) is 0. The van der Waals surface area contributed by atoms with Crippen LogP contribution < -0.4 is 10.8 Å². The number of nitrogens with one attached hydrogen (secondary N) is 1. The molecule has 1 N–H and O–H groups in total. The van der Waals surface area contributed by atoms with Crippen molar-refractivity contribution < 1.29 is 0 Å². The van der Waals surface area contributed by atoms with E-state index in [0.29, 0.717) is 0 Å². The van der Waals surface area contributed by atoms with Crippen LogP contribution >= 0.6 is 0 Å². The van der Waals surface area contributed by atoms with Crippen LogP contribution in [0.5, 0.6) is 0 Å². The van der Waals surface area contributed by atoms with Crippen molar-refractivity contribution in [2.75, 3.05) is 5.32 Å². The van der Waals surface area contributed by atoms with Crippen LogP contribution in [0.15, 0.2) is 54.6 Å². The highest BCUT2D eigenvalue weighted by Gasteiger charge is 1.94. The summed E-state index contributed by atoms with van der Waals surface area (Å²) in [5, 5.41) is 3.36. The largest absolute Gasteiger partial charge is 0.356 e. The van der Waals surface area contributed by atoms with Gasteiger partial charge in [-0.25, -0.2) is 0 Å². The first-order chi connectivity index (χ1) is 7.38. The summed E-state index contributed by atoms with van der Waals surface area (Å²) in [6, 6.07) is 18.8. The fraction of sp³-hybridized carbons (Fsp3) is 0.0769. The number of rotatable bonds is 3. The first-order valence-corrected chi connectivity index (χ1v) is 5.29. The zero-order chi connectivity index (χ0) is 10.5. The summed E-state index contributed by atoms with van der Waals surface area (Å²) in [6.45, 7) is 2.17. The van der Waals surface area contributed by atoms with Gasteiger partial charge in [-0.2, -0.15) is 0 Å². The Morgan fingerprint density at radius 3 is 2.00 bits per heavy atom. The molecule has 0 fully saturated rings. The Labute approximate surface area is 91.4 Å². The lowest BCUT2D eigenvalue weighted by Crippen LogP contribution is -2.09. The first-order valence-electron chi connectivity index (χ1n) is 5.29. The van der Waals surface area contributed by atoms with Gasteiger partial charge >= 0.3 is 0 Å². The van der Waals surface area contributed by atoms with Gasteiger partial charge in [-0.05, 0) is 24.3 Å². The minimum absolute atomic E-state index is 1.09. The molecule has 0 aliphatic rings. The number of hydrogen-bond acceptors (Lipinski definition) is 1. The van der Waals surface area contributed by atoms with Crippen molar-refractivity contribution in [2.45, 2.75) is 6.82 Å². The Bertz CT molecular complexity index is 408. The number of anilines is 2. The monoisotopic (exact) mass is 195 g/mol. The molecule has 0 heterocycles. The van der Waals surface area contributed by atoms with Gasteiger partial charge in [0.1, 0.15) is 0 Å². The van der Waals surface area contributed by atoms with Crippen molar-refractivity contribution in [3.8, 4) is 0 Å². The zero-order valence-corrected chi connectivity index (χ0v) is 8.90. The van der Waals surface area contributed by atoms with Crippen molar-refractivity contribution in [3.05, 3.63) is 54.6 Å². The highest BCUT2D eigenvalue weighted by Crippen LogP contribution is 2.14. The molecule has 1 nitrogen and oxygen atoms in total. The predicted octanol–water partition coefficient (Wildman–Crippen LogP) is 2.54. The van der Waals surface area contributed by atoms with Gasteiger partial charge in [0.2, 0.25) is 0 Å². The predicted molar refractivity (Wildman–Crippen MR) is 68.8 cm³/mol. The highest BCUT2D eigenvalue weighted by molar-refractivity contribution is 6.51. The smallest absolute Gasteiger partial charge is 0.154 e. The van der Waals surface area contributed by atoms with E-state index in [0.717, 1.165) is 18.7 Å². The molecular weight excluding hydrogens is 181 g/mol. The maximum absolute atomic E-state index is 3.36. The van der Waals surface area contributed by atoms with Gasteiger partial charge in [-0.3, -0.25) is 0 Å². The second kappa shape index (κ2) is 4.69. The Morgan fingerprint density at radius 1 is 0.800 bits per heavy atom. The molecule has 0 radical (unpaired) electrons. The van der Waals surface area contributed by atoms with E-state index < -0.39 is 0 Å². The van der Waals surface area contributed by atoms with Gasteiger partial charge in [0.25, 0.3) is 0 Å². The molecule has 2 rings (SSSR count). The SMILES string of the molecule is CBc1ccc(Nc2ccccc2)cc1. The topological polar surface area (TPSA) is 12.0 Å². The van der Waals surface area contributed by atoms with Crippen LogP contribution in [-0.2, 0) is 0 Å². The molecule has 0 atom stereocenters. The molecular formula is C13H14BN. The molecule has 2 heteroatoms. The zero-order valence-electron chi connectivity index (χ0n) is 8.90. The molecule has 0 saturated carbocycles. The van der Waals surface area contributed by atoms with Gasteiger partial charge in [0, 0.05) is 11.4 Å². The second-order valence-electron chi connectivity index (χ2n) is 3.54. The summed E-state index contributed by atoms with van der Waals surface area (Å²) in [7, 11) is 1.09. The molecule has 0 unspecified atom stereocenters. The van der Waals surface area contributed by atoms with Gasteiger partial charge in [0.05, 0.1) is 0 Å². The normalized spacial score (nSPS) is 9.67. The lowest BCUT2D eigenvalue weighted by atomic mass is 9.73. The van der Waals surface area contributed by atoms with Gasteiger partial charge in [-0.1, -0.05) is 42.6 Å². The third-order valence-corrected chi connectivity index (χ3v) is 2.42. The molecule has 0 spiro atoms. The Hall–Kier alpha value is -1.70. The van der Waals surface area contributed by atoms with Crippen molar-refractivity contribution in [3.63, 3.8) is 0 Å². The Morgan fingerprint density at radius 2 is 1.40 bits per heavy atom. The van der Waals surface area contributed by atoms with Gasteiger partial charge in [-0.15, -0.1) is 0 Å². The van der Waals surface area contributed by atoms with E-state index in [2.05, 4.69) is 48.5 Å². The molecule has 2 aromatic carbocycles. The molecule has 0 aliphatic heterocycles. The van der Waals surface area contributed by atoms with E-state index in [9.17, 15) is 0 Å². The van der Waals surface area contributed by atoms with Crippen molar-refractivity contribution >= 4 is 24.1 Å². The number of para-hydroxylation sites is 1. The summed E-state index contributed by atoms with van der Waals surface area (Å²) >= 11 is 0.